The highest BCUT2D eigenvalue weighted by Crippen LogP contribution is 2.29. The van der Waals surface area contributed by atoms with E-state index < -0.39 is 5.97 Å². The van der Waals surface area contributed by atoms with Crippen molar-refractivity contribution >= 4 is 34.0 Å². The van der Waals surface area contributed by atoms with Gasteiger partial charge in [-0.05, 0) is 25.0 Å². The molecule has 0 aliphatic carbocycles. The molecule has 0 radical (unpaired) electrons. The third-order valence-electron chi connectivity index (χ3n) is 4.39. The molecular formula is C17H18N4O3. The summed E-state index contributed by atoms with van der Waals surface area (Å²) < 4.78 is 12.4. The molecule has 124 valence electrons. The fraction of sp³-hybridized carbons (Fsp3) is 0.353. The van der Waals surface area contributed by atoms with Crippen molar-refractivity contribution in [1.29, 1.82) is 0 Å². The van der Waals surface area contributed by atoms with E-state index in [1.54, 1.807) is 0 Å². The zero-order valence-electron chi connectivity index (χ0n) is 13.4. The number of aromatic nitrogens is 3. The van der Waals surface area contributed by atoms with E-state index in [0.29, 0.717) is 29.0 Å². The van der Waals surface area contributed by atoms with Gasteiger partial charge >= 0.3 is 5.97 Å². The van der Waals surface area contributed by atoms with Gasteiger partial charge in [-0.15, -0.1) is 0 Å². The molecule has 1 aliphatic rings. The molecule has 3 heterocycles. The molecule has 1 saturated heterocycles. The van der Waals surface area contributed by atoms with Gasteiger partial charge in [-0.3, -0.25) is 0 Å². The average Bonchev–Trinajstić information content (AvgIpc) is 3.20. The lowest BCUT2D eigenvalue weighted by molar-refractivity contribution is 0.0603. The fourth-order valence-electron chi connectivity index (χ4n) is 3.20. The van der Waals surface area contributed by atoms with Gasteiger partial charge in [-0.2, -0.15) is 0 Å². The van der Waals surface area contributed by atoms with Crippen LogP contribution in [0.2, 0.25) is 0 Å². The number of nitrogens with two attached hydrogens (primary N) is 1. The van der Waals surface area contributed by atoms with Crippen LogP contribution in [0.1, 0.15) is 23.2 Å². The molecule has 7 heteroatoms. The Hall–Kier alpha value is -2.67. The first kappa shape index (κ1) is 14.9. The number of methoxy groups -OCH3 is 1. The van der Waals surface area contributed by atoms with E-state index in [1.165, 1.54) is 7.11 Å². The van der Waals surface area contributed by atoms with Crippen LogP contribution in [-0.2, 0) is 16.0 Å². The molecule has 1 fully saturated rings. The normalized spacial score (nSPS) is 17.6. The molecule has 0 spiro atoms. The Morgan fingerprint density at radius 3 is 2.79 bits per heavy atom. The second-order valence-electron chi connectivity index (χ2n) is 5.88. The lowest BCUT2D eigenvalue weighted by atomic mass is 10.2. The Labute approximate surface area is 138 Å². The lowest BCUT2D eigenvalue weighted by Crippen LogP contribution is -2.17. The number of rotatable bonds is 3. The third kappa shape index (κ3) is 2.28. The van der Waals surface area contributed by atoms with Gasteiger partial charge in [0.1, 0.15) is 16.9 Å². The van der Waals surface area contributed by atoms with Crippen LogP contribution in [0.25, 0.3) is 22.2 Å². The molecule has 3 aromatic rings. The molecule has 2 aromatic heterocycles. The Morgan fingerprint density at radius 2 is 2.12 bits per heavy atom. The number of carbonyl (C=O) groups is 1. The first-order valence-corrected chi connectivity index (χ1v) is 7.93. The zero-order chi connectivity index (χ0) is 16.7. The third-order valence-corrected chi connectivity index (χ3v) is 4.39. The first-order chi connectivity index (χ1) is 11.7. The number of ether oxygens (including phenoxy) is 2. The van der Waals surface area contributed by atoms with Crippen molar-refractivity contribution in [2.75, 3.05) is 19.5 Å². The highest BCUT2D eigenvalue weighted by molar-refractivity contribution is 6.08. The molecule has 24 heavy (non-hydrogen) atoms. The van der Waals surface area contributed by atoms with E-state index in [2.05, 4.69) is 9.97 Å². The maximum absolute atomic E-state index is 12.2. The minimum Gasteiger partial charge on any atom is -0.465 e. The van der Waals surface area contributed by atoms with Crippen LogP contribution in [0.5, 0.6) is 0 Å². The second kappa shape index (κ2) is 5.76. The van der Waals surface area contributed by atoms with Gasteiger partial charge in [-0.25, -0.2) is 14.8 Å². The van der Waals surface area contributed by atoms with Crippen molar-refractivity contribution in [3.8, 4) is 0 Å². The summed E-state index contributed by atoms with van der Waals surface area (Å²) in [6.45, 7) is 1.30. The fourth-order valence-corrected chi connectivity index (χ4v) is 3.20. The number of hydrogen-bond donors (Lipinski definition) is 1. The van der Waals surface area contributed by atoms with Crippen LogP contribution in [0.3, 0.4) is 0 Å². The number of nitrogens with zero attached hydrogens (tertiary/aromatic N) is 3. The van der Waals surface area contributed by atoms with Crippen molar-refractivity contribution < 1.29 is 14.3 Å². The number of fused-ring (bicyclic) bond motifs is 2. The van der Waals surface area contributed by atoms with Crippen molar-refractivity contribution in [3.63, 3.8) is 0 Å². The number of nitrogen functional groups attached to an aromatic ring is 1. The van der Waals surface area contributed by atoms with Crippen LogP contribution in [0.4, 0.5) is 5.82 Å². The minimum atomic E-state index is -0.506. The predicted molar refractivity (Wildman–Crippen MR) is 89.8 cm³/mol. The lowest BCUT2D eigenvalue weighted by Gasteiger charge is -2.13. The van der Waals surface area contributed by atoms with Gasteiger partial charge in [0.15, 0.2) is 5.65 Å². The summed E-state index contributed by atoms with van der Waals surface area (Å²) in [6, 6.07) is 7.53. The van der Waals surface area contributed by atoms with E-state index in [0.717, 1.165) is 25.0 Å². The number of para-hydroxylation sites is 2. The largest absolute Gasteiger partial charge is 0.465 e. The minimum absolute atomic E-state index is 0.0710. The summed E-state index contributed by atoms with van der Waals surface area (Å²) in [6.07, 6.45) is 2.07. The van der Waals surface area contributed by atoms with Gasteiger partial charge in [0.05, 0.1) is 30.8 Å². The SMILES string of the molecule is COC(=O)c1c(N)n(C[C@@H]2CCCO2)c2nc3ccccc3nc12. The number of anilines is 1. The molecule has 7 nitrogen and oxygen atoms in total. The van der Waals surface area contributed by atoms with Crippen molar-refractivity contribution in [2.45, 2.75) is 25.5 Å². The van der Waals surface area contributed by atoms with E-state index in [1.807, 2.05) is 28.8 Å². The monoisotopic (exact) mass is 326 g/mol. The molecule has 0 unspecified atom stereocenters. The molecule has 2 N–H and O–H groups in total. The molecule has 0 bridgehead atoms. The highest BCUT2D eigenvalue weighted by atomic mass is 16.5. The van der Waals surface area contributed by atoms with Gasteiger partial charge in [0.25, 0.3) is 0 Å². The first-order valence-electron chi connectivity index (χ1n) is 7.93. The number of esters is 1. The molecule has 1 aromatic carbocycles. The van der Waals surface area contributed by atoms with E-state index in [-0.39, 0.29) is 11.7 Å². The zero-order valence-corrected chi connectivity index (χ0v) is 13.4. The van der Waals surface area contributed by atoms with Crippen molar-refractivity contribution in [2.24, 2.45) is 0 Å². The van der Waals surface area contributed by atoms with Crippen LogP contribution >= 0.6 is 0 Å². The summed E-state index contributed by atoms with van der Waals surface area (Å²) in [7, 11) is 1.33. The Kier molecular flexibility index (Phi) is 3.57. The topological polar surface area (TPSA) is 92.3 Å². The van der Waals surface area contributed by atoms with Crippen LogP contribution in [-0.4, -0.2) is 40.3 Å². The number of carbonyl (C=O) groups excluding carboxylic acids is 1. The molecule has 1 atom stereocenters. The van der Waals surface area contributed by atoms with E-state index in [4.69, 9.17) is 15.2 Å². The maximum atomic E-state index is 12.2. The number of benzene rings is 1. The summed E-state index contributed by atoms with van der Waals surface area (Å²) in [4.78, 5) is 21.5. The van der Waals surface area contributed by atoms with Crippen LogP contribution in [0.15, 0.2) is 24.3 Å². The van der Waals surface area contributed by atoms with Crippen molar-refractivity contribution in [3.05, 3.63) is 29.8 Å². The highest BCUT2D eigenvalue weighted by Gasteiger charge is 2.27. The Bertz CT molecular complexity index is 928. The summed E-state index contributed by atoms with van der Waals surface area (Å²) in [5, 5.41) is 0. The predicted octanol–water partition coefficient (Wildman–Crippen LogP) is 2.13. The quantitative estimate of drug-likeness (QED) is 0.741. The van der Waals surface area contributed by atoms with Gasteiger partial charge < -0.3 is 19.8 Å². The molecule has 0 amide bonds. The van der Waals surface area contributed by atoms with Gasteiger partial charge in [-0.1, -0.05) is 12.1 Å². The summed E-state index contributed by atoms with van der Waals surface area (Å²) in [5.41, 5.74) is 9.05. The second-order valence-corrected chi connectivity index (χ2v) is 5.88. The summed E-state index contributed by atoms with van der Waals surface area (Å²) >= 11 is 0. The van der Waals surface area contributed by atoms with Crippen LogP contribution < -0.4 is 5.73 Å². The molecule has 4 rings (SSSR count). The number of hydrogen-bond acceptors (Lipinski definition) is 6. The maximum Gasteiger partial charge on any atom is 0.343 e. The molecular weight excluding hydrogens is 308 g/mol. The van der Waals surface area contributed by atoms with Gasteiger partial charge in [0, 0.05) is 6.61 Å². The molecule has 1 aliphatic heterocycles. The van der Waals surface area contributed by atoms with E-state index >= 15 is 0 Å². The molecule has 0 saturated carbocycles. The summed E-state index contributed by atoms with van der Waals surface area (Å²) in [5.74, 6) is -0.184. The van der Waals surface area contributed by atoms with Crippen LogP contribution in [0, 0.1) is 0 Å². The average molecular weight is 326 g/mol. The Balaban J connectivity index is 1.96. The Morgan fingerprint density at radius 1 is 1.38 bits per heavy atom. The standard InChI is InChI=1S/C17H18N4O3/c1-23-17(22)13-14-16(20-12-7-3-2-6-11(12)19-14)21(15(13)18)9-10-5-4-8-24-10/h2-3,6-7,10H,4-5,8-9,18H2,1H3/t10-/m0/s1. The smallest absolute Gasteiger partial charge is 0.343 e. The van der Waals surface area contributed by atoms with Crippen molar-refractivity contribution in [1.82, 2.24) is 14.5 Å². The van der Waals surface area contributed by atoms with E-state index in [9.17, 15) is 4.79 Å². The van der Waals surface area contributed by atoms with Gasteiger partial charge in [0.2, 0.25) is 0 Å².